The Kier molecular flexibility index (Phi) is 8.00. The van der Waals surface area contributed by atoms with Gasteiger partial charge in [0.05, 0.1) is 16.6 Å². The zero-order chi connectivity index (χ0) is 27.2. The molecule has 38 heavy (non-hydrogen) atoms. The van der Waals surface area contributed by atoms with Gasteiger partial charge in [-0.15, -0.1) is 5.10 Å². The molecule has 0 saturated heterocycles. The molecule has 0 aliphatic rings. The fourth-order valence-corrected chi connectivity index (χ4v) is 4.22. The molecule has 0 unspecified atom stereocenters. The predicted molar refractivity (Wildman–Crippen MR) is 145 cm³/mol. The van der Waals surface area contributed by atoms with Gasteiger partial charge >= 0.3 is 12.0 Å². The van der Waals surface area contributed by atoms with E-state index in [-0.39, 0.29) is 30.3 Å². The molecule has 1 aromatic heterocycles. The molecule has 0 aliphatic heterocycles. The standard InChI is InChI=1S/C28H28FN5O4/c1-17-10-15-21(29)22(16-17)32-28(38)31-19-13-11-18(12-14-19)20-6-5-7-23-26(20)27(30)33-34(23)24(35)8-3-2-4-9-25(36)37/h5-7,10-16H,2-4,8-9H2,1H3,(H2,30,33)(H,36,37)(H2,31,32,38). The van der Waals surface area contributed by atoms with Gasteiger partial charge in [-0.2, -0.15) is 4.68 Å². The smallest absolute Gasteiger partial charge is 0.323 e. The molecule has 4 rings (SSSR count). The van der Waals surface area contributed by atoms with E-state index >= 15 is 0 Å². The van der Waals surface area contributed by atoms with Crippen LogP contribution >= 0.6 is 0 Å². The highest BCUT2D eigenvalue weighted by atomic mass is 19.1. The first-order chi connectivity index (χ1) is 18.2. The van der Waals surface area contributed by atoms with Gasteiger partial charge in [-0.1, -0.05) is 36.8 Å². The van der Waals surface area contributed by atoms with Crippen LogP contribution < -0.4 is 16.4 Å². The number of carboxylic acid groups (broad SMARTS) is 1. The van der Waals surface area contributed by atoms with Crippen LogP contribution in [0.4, 0.5) is 26.4 Å². The molecular weight excluding hydrogens is 489 g/mol. The van der Waals surface area contributed by atoms with Crippen LogP contribution in [-0.4, -0.2) is 32.8 Å². The first-order valence-corrected chi connectivity index (χ1v) is 12.2. The number of hydrogen-bond donors (Lipinski definition) is 4. The van der Waals surface area contributed by atoms with E-state index in [9.17, 15) is 18.8 Å². The van der Waals surface area contributed by atoms with Crippen LogP contribution in [0, 0.1) is 12.7 Å². The van der Waals surface area contributed by atoms with Gasteiger partial charge in [0, 0.05) is 18.5 Å². The van der Waals surface area contributed by atoms with Crippen LogP contribution in [0.5, 0.6) is 0 Å². The molecule has 0 spiro atoms. The third-order valence-electron chi connectivity index (χ3n) is 6.08. The molecule has 0 atom stereocenters. The topological polar surface area (TPSA) is 139 Å². The fourth-order valence-electron chi connectivity index (χ4n) is 4.22. The number of benzene rings is 3. The van der Waals surface area contributed by atoms with Gasteiger partial charge in [0.15, 0.2) is 5.82 Å². The summed E-state index contributed by atoms with van der Waals surface area (Å²) in [5, 5.41) is 18.8. The average Bonchev–Trinajstić information content (AvgIpc) is 3.23. The highest BCUT2D eigenvalue weighted by Crippen LogP contribution is 2.33. The summed E-state index contributed by atoms with van der Waals surface area (Å²) in [7, 11) is 0. The molecule has 0 radical (unpaired) electrons. The second kappa shape index (κ2) is 11.5. The highest BCUT2D eigenvalue weighted by molar-refractivity contribution is 6.05. The van der Waals surface area contributed by atoms with E-state index in [1.54, 1.807) is 49.4 Å². The highest BCUT2D eigenvalue weighted by Gasteiger charge is 2.17. The van der Waals surface area contributed by atoms with Gasteiger partial charge in [0.25, 0.3) is 0 Å². The lowest BCUT2D eigenvalue weighted by Gasteiger charge is -2.10. The number of aromatic nitrogens is 2. The van der Waals surface area contributed by atoms with E-state index in [1.807, 2.05) is 12.1 Å². The number of fused-ring (bicyclic) bond motifs is 1. The normalized spacial score (nSPS) is 10.9. The second-order valence-electron chi connectivity index (χ2n) is 8.98. The zero-order valence-electron chi connectivity index (χ0n) is 20.8. The Balaban J connectivity index is 1.47. The molecule has 0 aliphatic carbocycles. The number of nitrogens with zero attached hydrogens (tertiary/aromatic N) is 2. The minimum atomic E-state index is -0.848. The van der Waals surface area contributed by atoms with Crippen molar-refractivity contribution in [2.24, 2.45) is 0 Å². The second-order valence-corrected chi connectivity index (χ2v) is 8.98. The number of aliphatic carboxylic acids is 1. The fraction of sp³-hybridized carbons (Fsp3) is 0.214. The molecule has 1 heterocycles. The summed E-state index contributed by atoms with van der Waals surface area (Å²) in [5.41, 5.74) is 9.79. The Bertz CT molecular complexity index is 1500. The number of hydrogen-bond acceptors (Lipinski definition) is 5. The third-order valence-corrected chi connectivity index (χ3v) is 6.08. The van der Waals surface area contributed by atoms with Crippen molar-refractivity contribution in [2.45, 2.75) is 39.0 Å². The molecule has 3 aromatic carbocycles. The van der Waals surface area contributed by atoms with Crippen molar-refractivity contribution in [3.8, 4) is 11.1 Å². The molecule has 0 bridgehead atoms. The van der Waals surface area contributed by atoms with Crippen molar-refractivity contribution in [1.82, 2.24) is 9.78 Å². The maximum Gasteiger partial charge on any atom is 0.323 e. The molecule has 196 valence electrons. The number of nitrogens with two attached hydrogens (primary N) is 1. The number of urea groups is 1. The van der Waals surface area contributed by atoms with Crippen molar-refractivity contribution in [3.05, 3.63) is 72.0 Å². The zero-order valence-corrected chi connectivity index (χ0v) is 20.8. The van der Waals surface area contributed by atoms with Gasteiger partial charge in [-0.25, -0.2) is 9.18 Å². The van der Waals surface area contributed by atoms with Crippen LogP contribution in [0.2, 0.25) is 0 Å². The molecule has 0 saturated carbocycles. The Labute approximate surface area is 218 Å². The number of carbonyl (C=O) groups is 3. The van der Waals surface area contributed by atoms with Crippen molar-refractivity contribution >= 4 is 46.0 Å². The van der Waals surface area contributed by atoms with Crippen molar-refractivity contribution in [1.29, 1.82) is 0 Å². The number of carbonyl (C=O) groups excluding carboxylic acids is 2. The number of carboxylic acids is 1. The van der Waals surface area contributed by atoms with Crippen LogP contribution in [0.25, 0.3) is 22.0 Å². The van der Waals surface area contributed by atoms with Crippen molar-refractivity contribution < 1.29 is 23.9 Å². The van der Waals surface area contributed by atoms with Crippen LogP contribution in [0.1, 0.15) is 42.5 Å². The van der Waals surface area contributed by atoms with Gasteiger partial charge in [-0.05, 0) is 66.8 Å². The lowest BCUT2D eigenvalue weighted by atomic mass is 10.0. The van der Waals surface area contributed by atoms with Crippen molar-refractivity contribution in [2.75, 3.05) is 16.4 Å². The lowest BCUT2D eigenvalue weighted by Crippen LogP contribution is -2.20. The SMILES string of the molecule is Cc1ccc(F)c(NC(=O)Nc2ccc(-c3cccc4c3c(N)nn4C(=O)CCCCCC(=O)O)cc2)c1. The number of nitrogens with one attached hydrogen (secondary N) is 2. The summed E-state index contributed by atoms with van der Waals surface area (Å²) < 4.78 is 15.2. The van der Waals surface area contributed by atoms with E-state index in [2.05, 4.69) is 15.7 Å². The quantitative estimate of drug-likeness (QED) is 0.199. The molecule has 2 amide bonds. The summed E-state index contributed by atoms with van der Waals surface area (Å²) in [6, 6.07) is 16.4. The Morgan fingerprint density at radius 3 is 2.45 bits per heavy atom. The van der Waals surface area contributed by atoms with E-state index in [0.29, 0.717) is 35.9 Å². The molecule has 0 fully saturated rings. The maximum absolute atomic E-state index is 13.9. The predicted octanol–water partition coefficient (Wildman–Crippen LogP) is 6.05. The number of halogens is 1. The minimum Gasteiger partial charge on any atom is -0.481 e. The van der Waals surface area contributed by atoms with Gasteiger partial charge in [0.2, 0.25) is 5.91 Å². The maximum atomic E-state index is 13.9. The Hall–Kier alpha value is -4.73. The number of anilines is 3. The molecule has 4 aromatic rings. The number of amides is 2. The van der Waals surface area contributed by atoms with E-state index in [0.717, 1.165) is 16.7 Å². The van der Waals surface area contributed by atoms with Crippen LogP contribution in [-0.2, 0) is 4.79 Å². The largest absolute Gasteiger partial charge is 0.481 e. The van der Waals surface area contributed by atoms with Crippen molar-refractivity contribution in [3.63, 3.8) is 0 Å². The van der Waals surface area contributed by atoms with Gasteiger partial charge in [0.1, 0.15) is 5.82 Å². The molecular formula is C28H28FN5O4. The molecule has 9 nitrogen and oxygen atoms in total. The summed E-state index contributed by atoms with van der Waals surface area (Å²) in [6.07, 6.45) is 2.03. The Morgan fingerprint density at radius 1 is 0.974 bits per heavy atom. The van der Waals surface area contributed by atoms with Gasteiger partial charge < -0.3 is 21.5 Å². The minimum absolute atomic E-state index is 0.0828. The summed E-state index contributed by atoms with van der Waals surface area (Å²) in [6.45, 7) is 1.80. The first kappa shape index (κ1) is 26.3. The van der Waals surface area contributed by atoms with Crippen LogP contribution in [0.15, 0.2) is 60.7 Å². The van der Waals surface area contributed by atoms with Crippen LogP contribution in [0.3, 0.4) is 0 Å². The summed E-state index contributed by atoms with van der Waals surface area (Å²) in [5.74, 6) is -1.37. The van der Waals surface area contributed by atoms with E-state index in [1.165, 1.54) is 10.7 Å². The third kappa shape index (κ3) is 6.15. The molecule has 5 N–H and O–H groups in total. The number of unbranched alkanes of at least 4 members (excludes halogenated alkanes) is 2. The number of rotatable bonds is 9. The van der Waals surface area contributed by atoms with Gasteiger partial charge in [-0.3, -0.25) is 9.59 Å². The first-order valence-electron chi connectivity index (χ1n) is 12.2. The summed E-state index contributed by atoms with van der Waals surface area (Å²) in [4.78, 5) is 35.8. The average molecular weight is 518 g/mol. The lowest BCUT2D eigenvalue weighted by molar-refractivity contribution is -0.137. The number of nitrogen functional groups attached to an aromatic ring is 1. The monoisotopic (exact) mass is 517 g/mol. The Morgan fingerprint density at radius 2 is 1.71 bits per heavy atom. The number of aryl methyl sites for hydroxylation is 1. The molecule has 10 heteroatoms. The summed E-state index contributed by atoms with van der Waals surface area (Å²) >= 11 is 0. The van der Waals surface area contributed by atoms with E-state index < -0.39 is 17.8 Å². The van der Waals surface area contributed by atoms with E-state index in [4.69, 9.17) is 10.8 Å².